The molecule has 1 aliphatic rings. The number of rotatable bonds is 2. The van der Waals surface area contributed by atoms with E-state index in [4.69, 9.17) is 0 Å². The van der Waals surface area contributed by atoms with Gasteiger partial charge >= 0.3 is 6.18 Å². The summed E-state index contributed by atoms with van der Waals surface area (Å²) < 4.78 is 39.0. The van der Waals surface area contributed by atoms with Crippen LogP contribution in [0.15, 0.2) is 18.2 Å². The average molecular weight is 273 g/mol. The van der Waals surface area contributed by atoms with Gasteiger partial charge in [-0.05, 0) is 31.0 Å². The Labute approximate surface area is 108 Å². The summed E-state index contributed by atoms with van der Waals surface area (Å²) in [5, 5.41) is 9.39. The molecule has 0 unspecified atom stereocenters. The molecule has 0 spiro atoms. The summed E-state index contributed by atoms with van der Waals surface area (Å²) in [6.45, 7) is 0.759. The highest BCUT2D eigenvalue weighted by Gasteiger charge is 2.35. The van der Waals surface area contributed by atoms with Crippen LogP contribution >= 0.6 is 0 Å². The largest absolute Gasteiger partial charge is 0.418 e. The van der Waals surface area contributed by atoms with E-state index in [2.05, 4.69) is 0 Å². The van der Waals surface area contributed by atoms with Crippen LogP contribution in [0.3, 0.4) is 0 Å². The number of carbonyl (C=O) groups is 1. The molecule has 104 valence electrons. The van der Waals surface area contributed by atoms with Gasteiger partial charge in [0.25, 0.3) is 0 Å². The highest BCUT2D eigenvalue weighted by atomic mass is 19.4. The van der Waals surface area contributed by atoms with Gasteiger partial charge in [-0.25, -0.2) is 0 Å². The molecule has 2 rings (SSSR count). The van der Waals surface area contributed by atoms with Crippen LogP contribution in [0.1, 0.15) is 28.8 Å². The summed E-state index contributed by atoms with van der Waals surface area (Å²) in [5.74, 6) is 0. The molecule has 1 fully saturated rings. The van der Waals surface area contributed by atoms with Gasteiger partial charge in [-0.15, -0.1) is 0 Å². The van der Waals surface area contributed by atoms with Crippen molar-refractivity contribution in [2.75, 3.05) is 18.0 Å². The molecule has 1 aromatic carbocycles. The van der Waals surface area contributed by atoms with Gasteiger partial charge in [-0.2, -0.15) is 13.2 Å². The van der Waals surface area contributed by atoms with Gasteiger partial charge in [0.1, 0.15) is 6.29 Å². The Hall–Kier alpha value is -1.56. The summed E-state index contributed by atoms with van der Waals surface area (Å²) in [5.41, 5.74) is -0.716. The predicted molar refractivity (Wildman–Crippen MR) is 64.3 cm³/mol. The third kappa shape index (κ3) is 3.07. The van der Waals surface area contributed by atoms with Crippen molar-refractivity contribution >= 4 is 12.0 Å². The zero-order valence-corrected chi connectivity index (χ0v) is 10.2. The normalized spacial score (nSPS) is 17.6. The molecule has 0 atom stereocenters. The molecule has 0 radical (unpaired) electrons. The van der Waals surface area contributed by atoms with Gasteiger partial charge in [0.05, 0.1) is 11.7 Å². The van der Waals surface area contributed by atoms with Gasteiger partial charge in [0.2, 0.25) is 0 Å². The summed E-state index contributed by atoms with van der Waals surface area (Å²) >= 11 is 0. The third-order valence-electron chi connectivity index (χ3n) is 3.27. The molecule has 1 aromatic rings. The van der Waals surface area contributed by atoms with Gasteiger partial charge in [-0.1, -0.05) is 0 Å². The molecule has 0 aliphatic carbocycles. The van der Waals surface area contributed by atoms with Crippen LogP contribution in [0.4, 0.5) is 18.9 Å². The molecule has 0 aromatic heterocycles. The maximum atomic E-state index is 13.0. The standard InChI is InChI=1S/C13H14F3NO2/c14-13(15,16)11-7-9(8-18)1-2-12(11)17-5-3-10(19)4-6-17/h1-2,7-8,10,19H,3-6H2. The average Bonchev–Trinajstić information content (AvgIpc) is 2.38. The Kier molecular flexibility index (Phi) is 3.80. The van der Waals surface area contributed by atoms with Gasteiger partial charge in [-0.3, -0.25) is 4.79 Å². The van der Waals surface area contributed by atoms with E-state index >= 15 is 0 Å². The first-order valence-electron chi connectivity index (χ1n) is 6.01. The van der Waals surface area contributed by atoms with E-state index in [0.717, 1.165) is 6.07 Å². The van der Waals surface area contributed by atoms with Gasteiger partial charge in [0.15, 0.2) is 0 Å². The number of nitrogens with zero attached hydrogens (tertiary/aromatic N) is 1. The second-order valence-electron chi connectivity index (χ2n) is 4.61. The van der Waals surface area contributed by atoms with Crippen molar-refractivity contribution in [1.29, 1.82) is 0 Å². The first-order chi connectivity index (χ1) is 8.91. The maximum Gasteiger partial charge on any atom is 0.418 e. The van der Waals surface area contributed by atoms with Gasteiger partial charge in [0, 0.05) is 24.3 Å². The van der Waals surface area contributed by atoms with E-state index in [-0.39, 0.29) is 11.3 Å². The summed E-state index contributed by atoms with van der Waals surface area (Å²) in [6.07, 6.45) is -3.64. The Morgan fingerprint density at radius 2 is 1.89 bits per heavy atom. The van der Waals surface area contributed by atoms with Crippen LogP contribution in [-0.4, -0.2) is 30.6 Å². The minimum atomic E-state index is -4.50. The van der Waals surface area contributed by atoms with E-state index in [1.54, 1.807) is 4.90 Å². The topological polar surface area (TPSA) is 40.5 Å². The van der Waals surface area contributed by atoms with Crippen LogP contribution in [0.5, 0.6) is 0 Å². The number of hydrogen-bond acceptors (Lipinski definition) is 3. The van der Waals surface area contributed by atoms with Crippen LogP contribution in [0.2, 0.25) is 0 Å². The molecule has 0 bridgehead atoms. The Morgan fingerprint density at radius 3 is 2.42 bits per heavy atom. The van der Waals surface area contributed by atoms with Crippen LogP contribution in [-0.2, 0) is 6.18 Å². The van der Waals surface area contributed by atoms with Crippen molar-refractivity contribution in [1.82, 2.24) is 0 Å². The second-order valence-corrected chi connectivity index (χ2v) is 4.61. The minimum Gasteiger partial charge on any atom is -0.393 e. The van der Waals surface area contributed by atoms with Crippen molar-refractivity contribution in [3.05, 3.63) is 29.3 Å². The number of alkyl halides is 3. The van der Waals surface area contributed by atoms with Crippen molar-refractivity contribution in [2.45, 2.75) is 25.1 Å². The number of aliphatic hydroxyl groups excluding tert-OH is 1. The van der Waals surface area contributed by atoms with Gasteiger partial charge < -0.3 is 10.0 Å². The molecule has 6 heteroatoms. The summed E-state index contributed by atoms with van der Waals surface area (Å²) in [4.78, 5) is 12.2. The molecule has 0 saturated carbocycles. The number of aldehydes is 1. The fourth-order valence-electron chi connectivity index (χ4n) is 2.24. The lowest BCUT2D eigenvalue weighted by atomic mass is 10.0. The number of anilines is 1. The van der Waals surface area contributed by atoms with E-state index in [9.17, 15) is 23.1 Å². The maximum absolute atomic E-state index is 13.0. The zero-order valence-electron chi connectivity index (χ0n) is 10.2. The van der Waals surface area contributed by atoms with Crippen LogP contribution in [0, 0.1) is 0 Å². The highest BCUT2D eigenvalue weighted by molar-refractivity contribution is 5.77. The lowest BCUT2D eigenvalue weighted by Crippen LogP contribution is -2.37. The lowest BCUT2D eigenvalue weighted by Gasteiger charge is -2.33. The molecule has 0 amide bonds. The monoisotopic (exact) mass is 273 g/mol. The number of carbonyl (C=O) groups excluding carboxylic acids is 1. The van der Waals surface area contributed by atoms with Crippen molar-refractivity contribution < 1.29 is 23.1 Å². The molecular formula is C13H14F3NO2. The fraction of sp³-hybridized carbons (Fsp3) is 0.462. The van der Waals surface area contributed by atoms with E-state index < -0.39 is 17.8 Å². The number of aliphatic hydroxyl groups is 1. The van der Waals surface area contributed by atoms with Crippen molar-refractivity contribution in [3.63, 3.8) is 0 Å². The van der Waals surface area contributed by atoms with Crippen LogP contribution < -0.4 is 4.90 Å². The number of piperidine rings is 1. The number of benzene rings is 1. The first-order valence-corrected chi connectivity index (χ1v) is 6.01. The zero-order chi connectivity index (χ0) is 14.0. The quantitative estimate of drug-likeness (QED) is 0.842. The molecular weight excluding hydrogens is 259 g/mol. The predicted octanol–water partition coefficient (Wildman–Crippen LogP) is 2.48. The highest BCUT2D eigenvalue weighted by Crippen LogP contribution is 2.37. The molecule has 1 N–H and O–H groups in total. The first kappa shape index (κ1) is 13.9. The second kappa shape index (κ2) is 5.21. The lowest BCUT2D eigenvalue weighted by molar-refractivity contribution is -0.137. The Balaban J connectivity index is 2.36. The molecule has 1 aliphatic heterocycles. The van der Waals surface area contributed by atoms with E-state index in [1.165, 1.54) is 12.1 Å². The number of hydrogen-bond donors (Lipinski definition) is 1. The minimum absolute atomic E-state index is 0.00752. The van der Waals surface area contributed by atoms with Crippen molar-refractivity contribution in [3.8, 4) is 0 Å². The fourth-order valence-corrected chi connectivity index (χ4v) is 2.24. The summed E-state index contributed by atoms with van der Waals surface area (Å²) in [6, 6.07) is 3.57. The molecule has 1 saturated heterocycles. The SMILES string of the molecule is O=Cc1ccc(N2CCC(O)CC2)c(C(F)(F)F)c1. The number of halogens is 3. The van der Waals surface area contributed by atoms with Crippen molar-refractivity contribution in [2.24, 2.45) is 0 Å². The van der Waals surface area contributed by atoms with E-state index in [0.29, 0.717) is 32.2 Å². The molecule has 3 nitrogen and oxygen atoms in total. The molecule has 1 heterocycles. The smallest absolute Gasteiger partial charge is 0.393 e. The molecule has 19 heavy (non-hydrogen) atoms. The Morgan fingerprint density at radius 1 is 1.26 bits per heavy atom. The van der Waals surface area contributed by atoms with Crippen LogP contribution in [0.25, 0.3) is 0 Å². The summed E-state index contributed by atoms with van der Waals surface area (Å²) in [7, 11) is 0. The third-order valence-corrected chi connectivity index (χ3v) is 3.27. The van der Waals surface area contributed by atoms with E-state index in [1.807, 2.05) is 0 Å². The Bertz CT molecular complexity index is 465.